The van der Waals surface area contributed by atoms with E-state index in [4.69, 9.17) is 5.73 Å². The molecule has 12 heavy (non-hydrogen) atoms. The summed E-state index contributed by atoms with van der Waals surface area (Å²) >= 11 is 0. The second-order valence-corrected chi connectivity index (χ2v) is 3.10. The number of hydrogen-bond acceptors (Lipinski definition) is 4. The van der Waals surface area contributed by atoms with Crippen molar-refractivity contribution in [2.24, 2.45) is 5.73 Å². The SMILES string of the molecule is COC(=O)CC(N)CNC(C)C. The van der Waals surface area contributed by atoms with Gasteiger partial charge in [0.1, 0.15) is 0 Å². The third-order valence-electron chi connectivity index (χ3n) is 1.44. The smallest absolute Gasteiger partial charge is 0.307 e. The van der Waals surface area contributed by atoms with Crippen molar-refractivity contribution < 1.29 is 9.53 Å². The molecule has 0 saturated carbocycles. The first kappa shape index (κ1) is 11.4. The van der Waals surface area contributed by atoms with Gasteiger partial charge in [0.05, 0.1) is 13.5 Å². The molecule has 72 valence electrons. The number of carbonyl (C=O) groups is 1. The molecule has 4 heteroatoms. The molecular formula is C8H18N2O2. The molecule has 3 N–H and O–H groups in total. The van der Waals surface area contributed by atoms with E-state index in [1.165, 1.54) is 7.11 Å². The highest BCUT2D eigenvalue weighted by Crippen LogP contribution is 1.90. The third kappa shape index (κ3) is 6.12. The van der Waals surface area contributed by atoms with Gasteiger partial charge in [-0.25, -0.2) is 0 Å². The van der Waals surface area contributed by atoms with Crippen LogP contribution < -0.4 is 11.1 Å². The van der Waals surface area contributed by atoms with Crippen LogP contribution in [0.4, 0.5) is 0 Å². The summed E-state index contributed by atoms with van der Waals surface area (Å²) in [5.41, 5.74) is 5.64. The average molecular weight is 174 g/mol. The molecular weight excluding hydrogens is 156 g/mol. The zero-order valence-electron chi connectivity index (χ0n) is 7.96. The van der Waals surface area contributed by atoms with E-state index in [0.29, 0.717) is 12.6 Å². The quantitative estimate of drug-likeness (QED) is 0.570. The van der Waals surface area contributed by atoms with Gasteiger partial charge in [-0.1, -0.05) is 13.8 Å². The molecule has 0 aromatic rings. The lowest BCUT2D eigenvalue weighted by Gasteiger charge is -2.13. The monoisotopic (exact) mass is 174 g/mol. The zero-order valence-corrected chi connectivity index (χ0v) is 7.96. The van der Waals surface area contributed by atoms with Crippen LogP contribution in [0.3, 0.4) is 0 Å². The molecule has 0 aliphatic heterocycles. The molecule has 0 fully saturated rings. The number of carbonyl (C=O) groups excluding carboxylic acids is 1. The van der Waals surface area contributed by atoms with Gasteiger partial charge in [-0.2, -0.15) is 0 Å². The Labute approximate surface area is 73.5 Å². The van der Waals surface area contributed by atoms with Crippen molar-refractivity contribution in [1.29, 1.82) is 0 Å². The lowest BCUT2D eigenvalue weighted by Crippen LogP contribution is -2.38. The van der Waals surface area contributed by atoms with Crippen LogP contribution in [-0.4, -0.2) is 31.7 Å². The normalized spacial score (nSPS) is 13.1. The highest BCUT2D eigenvalue weighted by Gasteiger charge is 2.08. The lowest BCUT2D eigenvalue weighted by atomic mass is 10.2. The van der Waals surface area contributed by atoms with Gasteiger partial charge in [0.25, 0.3) is 0 Å². The van der Waals surface area contributed by atoms with Crippen molar-refractivity contribution in [3.8, 4) is 0 Å². The number of hydrogen-bond donors (Lipinski definition) is 2. The van der Waals surface area contributed by atoms with E-state index in [1.54, 1.807) is 0 Å². The van der Waals surface area contributed by atoms with Gasteiger partial charge < -0.3 is 15.8 Å². The first-order chi connectivity index (χ1) is 5.56. The zero-order chi connectivity index (χ0) is 9.56. The van der Waals surface area contributed by atoms with Crippen molar-refractivity contribution in [2.75, 3.05) is 13.7 Å². The first-order valence-electron chi connectivity index (χ1n) is 4.12. The van der Waals surface area contributed by atoms with E-state index in [2.05, 4.69) is 10.1 Å². The molecule has 0 bridgehead atoms. The number of nitrogens with one attached hydrogen (secondary N) is 1. The Bertz CT molecular complexity index is 137. The molecule has 0 aliphatic carbocycles. The van der Waals surface area contributed by atoms with Crippen molar-refractivity contribution in [2.45, 2.75) is 32.4 Å². The average Bonchev–Trinajstić information content (AvgIpc) is 2.00. The van der Waals surface area contributed by atoms with Crippen molar-refractivity contribution in [3.63, 3.8) is 0 Å². The summed E-state index contributed by atoms with van der Waals surface area (Å²) in [7, 11) is 1.37. The molecule has 0 saturated heterocycles. The summed E-state index contributed by atoms with van der Waals surface area (Å²) < 4.78 is 4.48. The fourth-order valence-corrected chi connectivity index (χ4v) is 0.757. The molecule has 0 rings (SSSR count). The maximum Gasteiger partial charge on any atom is 0.307 e. The van der Waals surface area contributed by atoms with Crippen LogP contribution in [0.5, 0.6) is 0 Å². The van der Waals surface area contributed by atoms with Crippen molar-refractivity contribution >= 4 is 5.97 Å². The Morgan fingerprint density at radius 1 is 1.58 bits per heavy atom. The van der Waals surface area contributed by atoms with Gasteiger partial charge >= 0.3 is 5.97 Å². The van der Waals surface area contributed by atoms with Crippen LogP contribution >= 0.6 is 0 Å². The lowest BCUT2D eigenvalue weighted by molar-refractivity contribution is -0.140. The summed E-state index contributed by atoms with van der Waals surface area (Å²) in [5.74, 6) is -0.256. The van der Waals surface area contributed by atoms with Gasteiger partial charge in [0.2, 0.25) is 0 Å². The van der Waals surface area contributed by atoms with E-state index in [9.17, 15) is 4.79 Å². The number of nitrogens with two attached hydrogens (primary N) is 1. The highest BCUT2D eigenvalue weighted by atomic mass is 16.5. The van der Waals surface area contributed by atoms with Gasteiger partial charge in [-0.15, -0.1) is 0 Å². The Balaban J connectivity index is 3.45. The molecule has 0 spiro atoms. The predicted octanol–water partition coefficient (Wildman–Crippen LogP) is -0.125. The van der Waals surface area contributed by atoms with Crippen LogP contribution in [0.1, 0.15) is 20.3 Å². The summed E-state index contributed by atoms with van der Waals surface area (Å²) in [5, 5.41) is 3.14. The summed E-state index contributed by atoms with van der Waals surface area (Å²) in [6, 6.07) is 0.244. The summed E-state index contributed by atoms with van der Waals surface area (Å²) in [4.78, 5) is 10.7. The van der Waals surface area contributed by atoms with E-state index in [1.807, 2.05) is 13.8 Å². The fraction of sp³-hybridized carbons (Fsp3) is 0.875. The second-order valence-electron chi connectivity index (χ2n) is 3.10. The minimum atomic E-state index is -0.256. The molecule has 0 aliphatic rings. The van der Waals surface area contributed by atoms with Crippen molar-refractivity contribution in [1.82, 2.24) is 5.32 Å². The molecule has 0 heterocycles. The Morgan fingerprint density at radius 2 is 2.17 bits per heavy atom. The molecule has 0 aromatic heterocycles. The van der Waals surface area contributed by atoms with Gasteiger partial charge in [0.15, 0.2) is 0 Å². The van der Waals surface area contributed by atoms with Gasteiger partial charge in [-0.05, 0) is 0 Å². The standard InChI is InChI=1S/C8H18N2O2/c1-6(2)10-5-7(9)4-8(11)12-3/h6-7,10H,4-5,9H2,1-3H3. The summed E-state index contributed by atoms with van der Waals surface area (Å²) in [6.45, 7) is 4.71. The number of ether oxygens (including phenoxy) is 1. The van der Waals surface area contributed by atoms with E-state index in [-0.39, 0.29) is 18.4 Å². The minimum Gasteiger partial charge on any atom is -0.469 e. The van der Waals surface area contributed by atoms with E-state index < -0.39 is 0 Å². The molecule has 1 unspecified atom stereocenters. The highest BCUT2D eigenvalue weighted by molar-refractivity contribution is 5.69. The molecule has 0 radical (unpaired) electrons. The van der Waals surface area contributed by atoms with Crippen molar-refractivity contribution in [3.05, 3.63) is 0 Å². The van der Waals surface area contributed by atoms with E-state index >= 15 is 0 Å². The molecule has 0 aromatic carbocycles. The Hall–Kier alpha value is -0.610. The van der Waals surface area contributed by atoms with Crippen LogP contribution in [0.15, 0.2) is 0 Å². The Morgan fingerprint density at radius 3 is 2.58 bits per heavy atom. The second kappa shape index (κ2) is 5.97. The van der Waals surface area contributed by atoms with Crippen LogP contribution in [-0.2, 0) is 9.53 Å². The van der Waals surface area contributed by atoms with Gasteiger partial charge in [0, 0.05) is 18.6 Å². The summed E-state index contributed by atoms with van der Waals surface area (Å²) in [6.07, 6.45) is 0.274. The number of rotatable bonds is 5. The van der Waals surface area contributed by atoms with Crippen LogP contribution in [0.2, 0.25) is 0 Å². The third-order valence-corrected chi connectivity index (χ3v) is 1.44. The topological polar surface area (TPSA) is 64.3 Å². The predicted molar refractivity (Wildman–Crippen MR) is 47.7 cm³/mol. The largest absolute Gasteiger partial charge is 0.469 e. The maximum atomic E-state index is 10.7. The van der Waals surface area contributed by atoms with Gasteiger partial charge in [-0.3, -0.25) is 4.79 Å². The Kier molecular flexibility index (Phi) is 5.66. The number of esters is 1. The first-order valence-corrected chi connectivity index (χ1v) is 4.12. The van der Waals surface area contributed by atoms with E-state index in [0.717, 1.165) is 0 Å². The fourth-order valence-electron chi connectivity index (χ4n) is 0.757. The molecule has 4 nitrogen and oxygen atoms in total. The maximum absolute atomic E-state index is 10.7. The molecule has 1 atom stereocenters. The minimum absolute atomic E-state index is 0.153. The van der Waals surface area contributed by atoms with Crippen LogP contribution in [0, 0.1) is 0 Å². The number of methoxy groups -OCH3 is 1. The molecule has 0 amide bonds. The van der Waals surface area contributed by atoms with Crippen LogP contribution in [0.25, 0.3) is 0 Å².